The summed E-state index contributed by atoms with van der Waals surface area (Å²) in [6, 6.07) is 13.6. The number of carboxylic acid groups (broad SMARTS) is 1. The number of H-pyrrole nitrogens is 1. The van der Waals surface area contributed by atoms with Gasteiger partial charge in [-0.25, -0.2) is 4.39 Å². The Labute approximate surface area is 227 Å². The minimum Gasteiger partial charge on any atom is -0.481 e. The molecule has 0 spiro atoms. The van der Waals surface area contributed by atoms with Crippen molar-refractivity contribution in [3.8, 4) is 0 Å². The smallest absolute Gasteiger partial charge is 0.418 e. The summed E-state index contributed by atoms with van der Waals surface area (Å²) in [5.41, 5.74) is 1.73. The van der Waals surface area contributed by atoms with Crippen LogP contribution in [0, 0.1) is 5.92 Å². The number of hydrogen-bond acceptors (Lipinski definition) is 4. The van der Waals surface area contributed by atoms with E-state index in [9.17, 15) is 22.4 Å². The molecule has 2 aliphatic heterocycles. The second-order valence-electron chi connectivity index (χ2n) is 9.81. The highest BCUT2D eigenvalue weighted by molar-refractivity contribution is 6.31. The van der Waals surface area contributed by atoms with Gasteiger partial charge in [0.1, 0.15) is 11.3 Å². The maximum Gasteiger partial charge on any atom is 0.418 e. The van der Waals surface area contributed by atoms with E-state index in [-0.39, 0.29) is 17.4 Å². The van der Waals surface area contributed by atoms with Crippen LogP contribution >= 0.6 is 11.6 Å². The second-order valence-corrected chi connectivity index (χ2v) is 10.2. The number of carbonyl (C=O) groups is 1. The van der Waals surface area contributed by atoms with Crippen molar-refractivity contribution < 1.29 is 27.5 Å². The number of aromatic amines is 1. The largest absolute Gasteiger partial charge is 0.481 e. The van der Waals surface area contributed by atoms with Gasteiger partial charge in [-0.1, -0.05) is 29.8 Å². The number of halogens is 5. The van der Waals surface area contributed by atoms with Gasteiger partial charge >= 0.3 is 12.1 Å². The Morgan fingerprint density at radius 2 is 1.74 bits per heavy atom. The predicted octanol–water partition coefficient (Wildman–Crippen LogP) is 6.40. The highest BCUT2D eigenvalue weighted by atomic mass is 35.5. The fourth-order valence-electron chi connectivity index (χ4n) is 5.45. The van der Waals surface area contributed by atoms with Crippen molar-refractivity contribution in [1.29, 1.82) is 0 Å². The monoisotopic (exact) mass is 562 g/mol. The first kappa shape index (κ1) is 27.2. The van der Waals surface area contributed by atoms with Crippen LogP contribution < -0.4 is 10.2 Å². The molecule has 2 aromatic heterocycles. The van der Waals surface area contributed by atoms with E-state index in [1.54, 1.807) is 12.1 Å². The zero-order chi connectivity index (χ0) is 27.7. The number of nitrogens with one attached hydrogen (secondary N) is 2. The molecule has 2 fully saturated rings. The zero-order valence-electron chi connectivity index (χ0n) is 20.8. The number of pyridine rings is 1. The lowest BCUT2D eigenvalue weighted by molar-refractivity contribution is -0.142. The van der Waals surface area contributed by atoms with Gasteiger partial charge in [-0.2, -0.15) is 13.2 Å². The van der Waals surface area contributed by atoms with Crippen LogP contribution in [0.25, 0.3) is 21.8 Å². The van der Waals surface area contributed by atoms with Crippen LogP contribution in [-0.2, 0) is 11.0 Å². The second kappa shape index (κ2) is 11.0. The third kappa shape index (κ3) is 5.53. The van der Waals surface area contributed by atoms with Crippen molar-refractivity contribution in [2.45, 2.75) is 31.1 Å². The van der Waals surface area contributed by atoms with E-state index in [0.29, 0.717) is 55.2 Å². The lowest BCUT2D eigenvalue weighted by Gasteiger charge is -2.33. The number of para-hydroxylation sites is 1. The molecule has 2 saturated heterocycles. The molecule has 6 rings (SSSR count). The molecule has 0 amide bonds. The molecule has 0 saturated carbocycles. The van der Waals surface area contributed by atoms with E-state index in [1.165, 1.54) is 12.3 Å². The maximum atomic E-state index is 13.7. The minimum atomic E-state index is -4.46. The topological polar surface area (TPSA) is 81.2 Å². The number of anilines is 1. The summed E-state index contributed by atoms with van der Waals surface area (Å²) in [5.74, 6) is -1.34. The van der Waals surface area contributed by atoms with Crippen LogP contribution in [0.3, 0.4) is 0 Å². The first-order valence-electron chi connectivity index (χ1n) is 12.7. The molecule has 11 heteroatoms. The number of carboxylic acids is 1. The fourth-order valence-corrected chi connectivity index (χ4v) is 5.80. The van der Waals surface area contributed by atoms with E-state index in [4.69, 9.17) is 16.7 Å². The Balaban J connectivity index is 0.000000168. The third-order valence-electron chi connectivity index (χ3n) is 7.45. The average molecular weight is 563 g/mol. The molecule has 0 unspecified atom stereocenters. The van der Waals surface area contributed by atoms with Crippen molar-refractivity contribution in [2.24, 2.45) is 5.92 Å². The highest BCUT2D eigenvalue weighted by Crippen LogP contribution is 2.39. The Bertz CT molecular complexity index is 1480. The molecule has 4 aromatic rings. The number of fused-ring (bicyclic) bond motifs is 2. The van der Waals surface area contributed by atoms with Gasteiger partial charge in [-0.15, -0.1) is 0 Å². The third-order valence-corrected chi connectivity index (χ3v) is 7.74. The number of nitrogens with zero attached hydrogens (tertiary/aromatic N) is 2. The van der Waals surface area contributed by atoms with Gasteiger partial charge in [0.15, 0.2) is 0 Å². The number of hydrogen-bond donors (Lipinski definition) is 3. The normalized spacial score (nSPS) is 20.3. The molecule has 3 N–H and O–H groups in total. The van der Waals surface area contributed by atoms with E-state index >= 15 is 0 Å². The standard InChI is InChI=1S/C16H15F3N2O2.C12H12ClFN2/c17-16(18,19)12-3-4-13(11-2-1-7-20-14(11)12)21-8-5-10(6-9-21)15(22)23;13-12-11(8-5-15-6-9(8)14)7-3-1-2-4-10(7)16-12/h1-4,7,10H,5-6,8-9H2,(H,22,23);1-4,8-9,15-16H,5-6H2/t;8-,9-/m.1/s1. The summed E-state index contributed by atoms with van der Waals surface area (Å²) in [6.45, 7) is 2.09. The predicted molar refractivity (Wildman–Crippen MR) is 143 cm³/mol. The Hall–Kier alpha value is -3.37. The van der Waals surface area contributed by atoms with Crippen LogP contribution in [0.2, 0.25) is 5.15 Å². The maximum absolute atomic E-state index is 13.7. The number of rotatable bonds is 3. The molecule has 2 aromatic carbocycles. The SMILES string of the molecule is F[C@@H]1CNC[C@H]1c1c(Cl)[nH]c2ccccc12.O=C(O)C1CCN(c2ccc(C(F)(F)F)c3ncccc23)CC1. The van der Waals surface area contributed by atoms with Gasteiger partial charge in [0.2, 0.25) is 0 Å². The van der Waals surface area contributed by atoms with Gasteiger partial charge in [0.25, 0.3) is 0 Å². The van der Waals surface area contributed by atoms with Gasteiger partial charge in [0, 0.05) is 65.8 Å². The van der Waals surface area contributed by atoms with E-state index < -0.39 is 23.9 Å². The molecule has 39 heavy (non-hydrogen) atoms. The summed E-state index contributed by atoms with van der Waals surface area (Å²) >= 11 is 6.16. The Morgan fingerprint density at radius 1 is 1.03 bits per heavy atom. The molecule has 206 valence electrons. The summed E-state index contributed by atoms with van der Waals surface area (Å²) < 4.78 is 53.1. The summed E-state index contributed by atoms with van der Waals surface area (Å²) in [4.78, 5) is 19.9. The molecule has 4 heterocycles. The molecular weight excluding hydrogens is 536 g/mol. The summed E-state index contributed by atoms with van der Waals surface area (Å²) in [6.07, 6.45) is -2.99. The van der Waals surface area contributed by atoms with Crippen molar-refractivity contribution >= 4 is 45.1 Å². The fraction of sp³-hybridized carbons (Fsp3) is 0.357. The molecule has 2 atom stereocenters. The number of alkyl halides is 4. The van der Waals surface area contributed by atoms with Gasteiger partial charge in [0.05, 0.1) is 17.0 Å². The van der Waals surface area contributed by atoms with Gasteiger partial charge in [-0.3, -0.25) is 9.78 Å². The van der Waals surface area contributed by atoms with Crippen molar-refractivity contribution in [2.75, 3.05) is 31.1 Å². The Kier molecular flexibility index (Phi) is 7.68. The molecule has 0 radical (unpaired) electrons. The van der Waals surface area contributed by atoms with Gasteiger partial charge < -0.3 is 20.3 Å². The van der Waals surface area contributed by atoms with E-state index in [2.05, 4.69) is 15.3 Å². The quantitative estimate of drug-likeness (QED) is 0.252. The van der Waals surface area contributed by atoms with Crippen LogP contribution in [0.15, 0.2) is 54.7 Å². The van der Waals surface area contributed by atoms with Crippen LogP contribution in [0.4, 0.5) is 23.2 Å². The summed E-state index contributed by atoms with van der Waals surface area (Å²) in [7, 11) is 0. The summed E-state index contributed by atoms with van der Waals surface area (Å²) in [5, 5.41) is 14.1. The molecule has 0 bridgehead atoms. The first-order valence-corrected chi connectivity index (χ1v) is 13.1. The molecular formula is C28H27ClF4N4O2. The zero-order valence-corrected chi connectivity index (χ0v) is 21.6. The van der Waals surface area contributed by atoms with Gasteiger partial charge in [-0.05, 0) is 43.2 Å². The number of aromatic nitrogens is 2. The number of piperidine rings is 1. The molecule has 2 aliphatic rings. The number of benzene rings is 2. The highest BCUT2D eigenvalue weighted by Gasteiger charge is 2.35. The molecule has 0 aliphatic carbocycles. The first-order chi connectivity index (χ1) is 18.6. The van der Waals surface area contributed by atoms with Crippen LogP contribution in [-0.4, -0.2) is 53.4 Å². The van der Waals surface area contributed by atoms with Crippen molar-refractivity contribution in [3.05, 3.63) is 71.0 Å². The van der Waals surface area contributed by atoms with E-state index in [0.717, 1.165) is 22.5 Å². The van der Waals surface area contributed by atoms with Crippen molar-refractivity contribution in [1.82, 2.24) is 15.3 Å². The number of aliphatic carboxylic acids is 1. The Morgan fingerprint density at radius 3 is 2.41 bits per heavy atom. The minimum absolute atomic E-state index is 0.0714. The van der Waals surface area contributed by atoms with Crippen molar-refractivity contribution in [3.63, 3.8) is 0 Å². The molecule has 6 nitrogen and oxygen atoms in total. The average Bonchev–Trinajstić information content (AvgIpc) is 3.48. The van der Waals surface area contributed by atoms with Crippen LogP contribution in [0.1, 0.15) is 29.9 Å². The lowest BCUT2D eigenvalue weighted by Crippen LogP contribution is -2.36. The van der Waals surface area contributed by atoms with Crippen LogP contribution in [0.5, 0.6) is 0 Å². The van der Waals surface area contributed by atoms with E-state index in [1.807, 2.05) is 29.2 Å². The lowest BCUT2D eigenvalue weighted by atomic mass is 9.96.